The van der Waals surface area contributed by atoms with E-state index in [-0.39, 0.29) is 18.0 Å². The Hall–Kier alpha value is -3.22. The predicted octanol–water partition coefficient (Wildman–Crippen LogP) is 1.95. The van der Waals surface area contributed by atoms with Crippen LogP contribution in [-0.2, 0) is 26.0 Å². The molecule has 10 nitrogen and oxygen atoms in total. The van der Waals surface area contributed by atoms with Crippen LogP contribution in [0.4, 0.5) is 0 Å². The number of carbonyl (C=O) groups excluding carboxylic acids is 2. The summed E-state index contributed by atoms with van der Waals surface area (Å²) in [6.45, 7) is -0.0555. The van der Waals surface area contributed by atoms with Gasteiger partial charge in [-0.3, -0.25) is 9.59 Å². The van der Waals surface area contributed by atoms with Gasteiger partial charge in [-0.1, -0.05) is 35.9 Å². The minimum absolute atomic E-state index is 0.0229. The molecule has 41 heavy (non-hydrogen) atoms. The van der Waals surface area contributed by atoms with Crippen LogP contribution >= 0.6 is 11.6 Å². The van der Waals surface area contributed by atoms with Crippen molar-refractivity contribution >= 4 is 44.2 Å². The van der Waals surface area contributed by atoms with Crippen molar-refractivity contribution < 1.29 is 33.0 Å². The van der Waals surface area contributed by atoms with Crippen LogP contribution in [0, 0.1) is 0 Å². The molecule has 0 radical (unpaired) electrons. The number of hydrogen-bond acceptors (Lipinski definition) is 7. The van der Waals surface area contributed by atoms with E-state index in [2.05, 4.69) is 4.72 Å². The third-order valence-electron chi connectivity index (χ3n) is 7.73. The maximum Gasteiger partial charge on any atom is 0.242 e. The minimum Gasteiger partial charge on any atom is -0.497 e. The number of benzene rings is 3. The third-order valence-corrected chi connectivity index (χ3v) is 9.44. The van der Waals surface area contributed by atoms with Crippen LogP contribution in [0.15, 0.2) is 65.6 Å². The lowest BCUT2D eigenvalue weighted by Gasteiger charge is -2.34. The smallest absolute Gasteiger partial charge is 0.242 e. The predicted molar refractivity (Wildman–Crippen MR) is 153 cm³/mol. The van der Waals surface area contributed by atoms with E-state index in [0.717, 1.165) is 10.9 Å². The van der Waals surface area contributed by atoms with Gasteiger partial charge >= 0.3 is 0 Å². The number of halogens is 1. The van der Waals surface area contributed by atoms with Crippen molar-refractivity contribution in [1.82, 2.24) is 14.5 Å². The van der Waals surface area contributed by atoms with Crippen molar-refractivity contribution in [2.75, 3.05) is 26.7 Å². The molecule has 0 spiro atoms. The Morgan fingerprint density at radius 1 is 1.07 bits per heavy atom. The second-order valence-corrected chi connectivity index (χ2v) is 12.6. The Labute approximate surface area is 243 Å². The molecule has 12 heteroatoms. The summed E-state index contributed by atoms with van der Waals surface area (Å²) in [4.78, 5) is 29.4. The van der Waals surface area contributed by atoms with Gasteiger partial charge in [0.15, 0.2) is 0 Å². The first-order valence-corrected chi connectivity index (χ1v) is 15.2. The largest absolute Gasteiger partial charge is 0.497 e. The van der Waals surface area contributed by atoms with Crippen molar-refractivity contribution in [2.45, 2.75) is 48.4 Å². The van der Waals surface area contributed by atoms with Crippen LogP contribution in [-0.4, -0.2) is 91.3 Å². The molecule has 1 unspecified atom stereocenters. The molecule has 2 saturated heterocycles. The highest BCUT2D eigenvalue weighted by atomic mass is 35.5. The van der Waals surface area contributed by atoms with E-state index in [1.807, 2.05) is 12.1 Å². The number of rotatable bonds is 8. The average Bonchev–Trinajstić information content (AvgIpc) is 3.23. The number of likely N-dealkylation sites (tertiary alicyclic amines) is 2. The highest BCUT2D eigenvalue weighted by molar-refractivity contribution is 7.89. The third kappa shape index (κ3) is 6.34. The lowest BCUT2D eigenvalue weighted by Crippen LogP contribution is -2.55. The number of piperidine rings is 1. The summed E-state index contributed by atoms with van der Waals surface area (Å²) in [6, 6.07) is 15.3. The van der Waals surface area contributed by atoms with E-state index in [9.17, 15) is 28.2 Å². The Morgan fingerprint density at radius 2 is 1.78 bits per heavy atom. The molecule has 2 fully saturated rings. The number of nitrogens with one attached hydrogen (secondary N) is 1. The molecule has 2 heterocycles. The van der Waals surface area contributed by atoms with E-state index < -0.39 is 46.1 Å². The van der Waals surface area contributed by atoms with Gasteiger partial charge in [0, 0.05) is 18.1 Å². The summed E-state index contributed by atoms with van der Waals surface area (Å²) in [6.07, 6.45) is -1.15. The van der Waals surface area contributed by atoms with Crippen molar-refractivity contribution in [1.29, 1.82) is 0 Å². The van der Waals surface area contributed by atoms with E-state index >= 15 is 0 Å². The molecule has 2 amide bonds. The van der Waals surface area contributed by atoms with Gasteiger partial charge in [0.2, 0.25) is 21.8 Å². The van der Waals surface area contributed by atoms with E-state index in [0.29, 0.717) is 42.0 Å². The first-order chi connectivity index (χ1) is 19.6. The van der Waals surface area contributed by atoms with Gasteiger partial charge in [0.1, 0.15) is 17.9 Å². The minimum atomic E-state index is -4.03. The number of sulfonamides is 1. The molecule has 0 aliphatic carbocycles. The van der Waals surface area contributed by atoms with Crippen LogP contribution in [0.3, 0.4) is 0 Å². The van der Waals surface area contributed by atoms with Crippen LogP contribution in [0.25, 0.3) is 10.8 Å². The number of aliphatic hydroxyl groups excluding tert-OH is 2. The van der Waals surface area contributed by atoms with Gasteiger partial charge in [-0.2, -0.15) is 4.72 Å². The molecular weight excluding hydrogens is 570 g/mol. The summed E-state index contributed by atoms with van der Waals surface area (Å²) in [5.41, 5.74) is 0.849. The molecule has 0 saturated carbocycles. The Balaban J connectivity index is 1.26. The lowest BCUT2D eigenvalue weighted by molar-refractivity contribution is -0.144. The number of hydrogen-bond donors (Lipinski definition) is 3. The molecule has 4 atom stereocenters. The molecular formula is C29H32ClN3O7S. The fourth-order valence-electron chi connectivity index (χ4n) is 5.48. The quantitative estimate of drug-likeness (QED) is 0.359. The van der Waals surface area contributed by atoms with Gasteiger partial charge in [0.25, 0.3) is 0 Å². The second-order valence-electron chi connectivity index (χ2n) is 10.5. The number of fused-ring (bicyclic) bond motifs is 1. The molecule has 3 N–H and O–H groups in total. The number of carbonyl (C=O) groups is 2. The SMILES string of the molecule is COc1ccc(C[C@@H]2[C@H](O)[C@@H](O)CN2C(=O)CN2CCCC(NS(=O)(=O)c3ccc4cc(Cl)ccc4c3)C2=O)cc1. The average molecular weight is 602 g/mol. The lowest BCUT2D eigenvalue weighted by atomic mass is 10.0. The normalized spacial score (nSPS) is 23.3. The van der Waals surface area contributed by atoms with Crippen LogP contribution in [0.5, 0.6) is 5.75 Å². The second kappa shape index (κ2) is 11.9. The number of amides is 2. The summed E-state index contributed by atoms with van der Waals surface area (Å²) < 4.78 is 34.0. The van der Waals surface area contributed by atoms with E-state index in [1.165, 1.54) is 21.9 Å². The maximum absolute atomic E-state index is 13.4. The number of aliphatic hydroxyl groups is 2. The van der Waals surface area contributed by atoms with Crippen molar-refractivity contribution in [3.63, 3.8) is 0 Å². The summed E-state index contributed by atoms with van der Waals surface area (Å²) >= 11 is 6.02. The van der Waals surface area contributed by atoms with Crippen LogP contribution in [0.1, 0.15) is 18.4 Å². The fraction of sp³-hybridized carbons (Fsp3) is 0.379. The van der Waals surface area contributed by atoms with Gasteiger partial charge in [-0.25, -0.2) is 8.42 Å². The van der Waals surface area contributed by atoms with Gasteiger partial charge < -0.3 is 24.7 Å². The Bertz CT molecular complexity index is 1550. The Morgan fingerprint density at radius 3 is 2.51 bits per heavy atom. The molecule has 5 rings (SSSR count). The van der Waals surface area contributed by atoms with Gasteiger partial charge in [-0.15, -0.1) is 0 Å². The van der Waals surface area contributed by atoms with Crippen molar-refractivity contribution in [2.24, 2.45) is 0 Å². The zero-order valence-electron chi connectivity index (χ0n) is 22.4. The van der Waals surface area contributed by atoms with Crippen LogP contribution < -0.4 is 9.46 Å². The number of methoxy groups -OCH3 is 1. The molecule has 3 aromatic carbocycles. The number of β-amino-alcohol motifs (C(OH)–C–C–N with tert-alkyl or cyclic N) is 1. The van der Waals surface area contributed by atoms with Gasteiger partial charge in [0.05, 0.1) is 30.7 Å². The monoisotopic (exact) mass is 601 g/mol. The zero-order chi connectivity index (χ0) is 29.3. The zero-order valence-corrected chi connectivity index (χ0v) is 24.0. The molecule has 2 aliphatic heterocycles. The molecule has 0 aromatic heterocycles. The summed E-state index contributed by atoms with van der Waals surface area (Å²) in [5.74, 6) is -0.245. The first kappa shape index (κ1) is 29.3. The fourth-order valence-corrected chi connectivity index (χ4v) is 6.92. The summed E-state index contributed by atoms with van der Waals surface area (Å²) in [5, 5.41) is 23.0. The standard InChI is InChI=1S/C29H32ClN3O7S/c1-40-22-9-4-18(5-10-22)13-25-28(36)26(34)16-33(25)27(35)17-32-12-2-3-24(29(32)37)31-41(38,39)23-11-7-19-14-21(30)8-6-20(19)15-23/h4-11,14-15,24-26,28,31,34,36H,2-3,12-13,16-17H2,1H3/t24?,25-,26+,28+/m1/s1. The maximum atomic E-state index is 13.4. The highest BCUT2D eigenvalue weighted by Gasteiger charge is 2.43. The number of ether oxygens (including phenoxy) is 1. The first-order valence-electron chi connectivity index (χ1n) is 13.3. The molecule has 2 aliphatic rings. The molecule has 218 valence electrons. The number of nitrogens with zero attached hydrogens (tertiary/aromatic N) is 2. The highest BCUT2D eigenvalue weighted by Crippen LogP contribution is 2.26. The molecule has 0 bridgehead atoms. The molecule has 3 aromatic rings. The van der Waals surface area contributed by atoms with Gasteiger partial charge in [-0.05, 0) is 72.0 Å². The topological polar surface area (TPSA) is 136 Å². The van der Waals surface area contributed by atoms with Crippen molar-refractivity contribution in [3.05, 3.63) is 71.2 Å². The summed E-state index contributed by atoms with van der Waals surface area (Å²) in [7, 11) is -2.47. The Kier molecular flexibility index (Phi) is 8.53. The van der Waals surface area contributed by atoms with Crippen LogP contribution in [0.2, 0.25) is 5.02 Å². The van der Waals surface area contributed by atoms with E-state index in [1.54, 1.807) is 43.5 Å². The van der Waals surface area contributed by atoms with Crippen molar-refractivity contribution in [3.8, 4) is 5.75 Å². The van der Waals surface area contributed by atoms with E-state index in [4.69, 9.17) is 16.3 Å².